The van der Waals surface area contributed by atoms with E-state index >= 15 is 4.39 Å². The number of carbonyl (C=O) groups is 3. The van der Waals surface area contributed by atoms with E-state index in [9.17, 15) is 29.4 Å². The summed E-state index contributed by atoms with van der Waals surface area (Å²) in [7, 11) is 1.49. The number of allylic oxidation sites excluding steroid dienone is 1. The number of aromatic nitrogens is 1. The first-order chi connectivity index (χ1) is 27.4. The molecule has 4 saturated carbocycles. The summed E-state index contributed by atoms with van der Waals surface area (Å²) in [5.41, 5.74) is -3.65. The molecule has 5 aliphatic carbocycles. The number of methoxy groups -OCH3 is 1. The molecule has 3 N–H and O–H groups in total. The molecule has 58 heavy (non-hydrogen) atoms. The van der Waals surface area contributed by atoms with Crippen LogP contribution < -0.4 is 20.4 Å². The average molecular weight is 802 g/mol. The van der Waals surface area contributed by atoms with E-state index in [1.807, 2.05) is 16.4 Å². The summed E-state index contributed by atoms with van der Waals surface area (Å²) in [6, 6.07) is 0.199. The van der Waals surface area contributed by atoms with Crippen molar-refractivity contribution in [1.82, 2.24) is 9.88 Å². The maximum absolute atomic E-state index is 16.8. The second-order valence-corrected chi connectivity index (χ2v) is 20.0. The highest BCUT2D eigenvalue weighted by molar-refractivity contribution is 6.03. The van der Waals surface area contributed by atoms with Crippen molar-refractivity contribution in [2.75, 3.05) is 31.6 Å². The molecule has 9 atom stereocenters. The molecular weight excluding hydrogens is 742 g/mol. The Morgan fingerprint density at radius 3 is 2.47 bits per heavy atom. The number of ketones is 2. The molecule has 2 aromatic rings. The van der Waals surface area contributed by atoms with Gasteiger partial charge >= 0.3 is 5.97 Å². The van der Waals surface area contributed by atoms with Crippen molar-refractivity contribution in [2.24, 2.45) is 34.5 Å². The number of ether oxygens (including phenoxy) is 2. The number of carbonyl (C=O) groups excluding carboxylic acids is 3. The van der Waals surface area contributed by atoms with Gasteiger partial charge in [-0.05, 0) is 134 Å². The van der Waals surface area contributed by atoms with Gasteiger partial charge in [-0.1, -0.05) is 19.4 Å². The molecule has 12 heteroatoms. The van der Waals surface area contributed by atoms with Crippen LogP contribution in [0.3, 0.4) is 0 Å². The minimum absolute atomic E-state index is 0.0425. The molecule has 0 bridgehead atoms. The minimum atomic E-state index is -1.91. The highest BCUT2D eigenvalue weighted by Crippen LogP contribution is 2.68. The Kier molecular flexibility index (Phi) is 9.23. The lowest BCUT2D eigenvalue weighted by molar-refractivity contribution is -0.190. The Bertz CT molecular complexity index is 2210. The summed E-state index contributed by atoms with van der Waals surface area (Å²) < 4.78 is 30.8. The van der Waals surface area contributed by atoms with Crippen molar-refractivity contribution in [1.29, 1.82) is 0 Å². The van der Waals surface area contributed by atoms with Gasteiger partial charge < -0.3 is 34.5 Å². The summed E-state index contributed by atoms with van der Waals surface area (Å²) in [6.45, 7) is 12.5. The van der Waals surface area contributed by atoms with Gasteiger partial charge in [0.25, 0.3) is 0 Å². The van der Waals surface area contributed by atoms with Crippen LogP contribution >= 0.6 is 0 Å². The molecule has 1 aromatic heterocycles. The molecule has 0 radical (unpaired) electrons. The van der Waals surface area contributed by atoms with Crippen LogP contribution in [-0.4, -0.2) is 82.4 Å². The van der Waals surface area contributed by atoms with Crippen molar-refractivity contribution in [3.8, 4) is 5.75 Å². The number of pyridine rings is 1. The van der Waals surface area contributed by atoms with E-state index in [2.05, 4.69) is 12.2 Å². The maximum atomic E-state index is 16.8. The zero-order valence-electron chi connectivity index (χ0n) is 35.1. The summed E-state index contributed by atoms with van der Waals surface area (Å²) in [5.74, 6) is -1.54. The molecule has 2 aliphatic heterocycles. The van der Waals surface area contributed by atoms with Crippen LogP contribution in [0.5, 0.6) is 5.75 Å². The zero-order chi connectivity index (χ0) is 41.4. The van der Waals surface area contributed by atoms with Crippen LogP contribution in [0, 0.1) is 54.2 Å². The van der Waals surface area contributed by atoms with E-state index in [4.69, 9.17) is 9.47 Å². The topological polar surface area (TPSA) is 147 Å². The fourth-order valence-electron chi connectivity index (χ4n) is 13.5. The Morgan fingerprint density at radius 1 is 1.03 bits per heavy atom. The largest absolute Gasteiger partial charge is 0.492 e. The van der Waals surface area contributed by atoms with Gasteiger partial charge in [-0.15, -0.1) is 0 Å². The van der Waals surface area contributed by atoms with Gasteiger partial charge in [0.05, 0.1) is 24.1 Å². The van der Waals surface area contributed by atoms with Gasteiger partial charge in [0.2, 0.25) is 11.2 Å². The molecule has 7 aliphatic rings. The molecule has 2 saturated heterocycles. The molecule has 1 aromatic carbocycles. The number of nitrogens with zero attached hydrogens (tertiary/aromatic N) is 2. The molecule has 314 valence electrons. The summed E-state index contributed by atoms with van der Waals surface area (Å²) in [5, 5.41) is 28.2. The molecule has 6 fully saturated rings. The maximum Gasteiger partial charge on any atom is 0.344 e. The molecule has 9 rings (SSSR count). The van der Waals surface area contributed by atoms with E-state index < -0.39 is 45.7 Å². The number of aryl methyl sites for hydroxylation is 1. The van der Waals surface area contributed by atoms with Gasteiger partial charge in [-0.3, -0.25) is 14.4 Å². The lowest BCUT2D eigenvalue weighted by Crippen LogP contribution is -2.64. The molecule has 2 unspecified atom stereocenters. The van der Waals surface area contributed by atoms with Crippen molar-refractivity contribution < 1.29 is 38.5 Å². The normalized spacial score (nSPS) is 35.9. The van der Waals surface area contributed by atoms with Crippen molar-refractivity contribution in [3.05, 3.63) is 44.5 Å². The lowest BCUT2D eigenvalue weighted by Gasteiger charge is -2.60. The number of halogens is 1. The first kappa shape index (κ1) is 39.8. The molecule has 0 amide bonds. The van der Waals surface area contributed by atoms with Gasteiger partial charge in [0, 0.05) is 48.3 Å². The van der Waals surface area contributed by atoms with Crippen LogP contribution in [0.2, 0.25) is 0 Å². The summed E-state index contributed by atoms with van der Waals surface area (Å²) >= 11 is 0. The number of esters is 1. The number of benzene rings is 1. The Hall–Kier alpha value is -3.61. The average Bonchev–Trinajstić information content (AvgIpc) is 3.85. The predicted octanol–water partition coefficient (Wildman–Crippen LogP) is 6.03. The quantitative estimate of drug-likeness (QED) is 0.284. The van der Waals surface area contributed by atoms with Crippen LogP contribution in [0.1, 0.15) is 126 Å². The third kappa shape index (κ3) is 5.52. The smallest absolute Gasteiger partial charge is 0.344 e. The van der Waals surface area contributed by atoms with Crippen LogP contribution in [0.25, 0.3) is 10.9 Å². The Labute approximate surface area is 339 Å². The fraction of sp³-hybridized carbons (Fsp3) is 0.696. The molecule has 0 spiro atoms. The molecule has 3 heterocycles. The van der Waals surface area contributed by atoms with E-state index in [0.717, 1.165) is 50.6 Å². The van der Waals surface area contributed by atoms with Gasteiger partial charge in [0.15, 0.2) is 23.0 Å². The summed E-state index contributed by atoms with van der Waals surface area (Å²) in [6.07, 6.45) is 8.27. The number of aliphatic hydroxyl groups is 2. The van der Waals surface area contributed by atoms with Gasteiger partial charge in [-0.2, -0.15) is 0 Å². The van der Waals surface area contributed by atoms with Crippen molar-refractivity contribution >= 4 is 34.1 Å². The number of hydrogen-bond donors (Lipinski definition) is 3. The minimum Gasteiger partial charge on any atom is -0.492 e. The van der Waals surface area contributed by atoms with E-state index in [0.29, 0.717) is 55.2 Å². The standard InChI is InChI=1S/C46H60FN3O8/c1-23-33-37(40(57-7)38(36(23)47)49-21-25-9-8-18-48-31(25)22-49)50(27-11-12-27)24(2)34(39(33)53)41(54)58-43(3,4)42(55)46(56)17-15-30-29-13-10-26-19-28(51)14-16-44(26,5)35(29)32(52)20-45(30,46)6/h19,25,27,29-32,35,48,52,56H,8-18,20-22H2,1-7H3/t25?,29-,30-,31?,32-,35+,44-,45-,46-/m0/s1. The first-order valence-corrected chi connectivity index (χ1v) is 21.7. The van der Waals surface area contributed by atoms with Crippen molar-refractivity contribution in [3.63, 3.8) is 0 Å². The SMILES string of the molecule is COc1c(N2CC3CCCNC3C2)c(F)c(C)c2c(=O)c(C(=O)OC(C)(C)C(=O)[C@@]3(O)CC[C@H]4[C@@H]5CCC6=CC(=O)CC[C@]6(C)[C@H]5[C@@H](O)C[C@@]43C)c(C)n(C3CC3)c12. The third-order valence-electron chi connectivity index (χ3n) is 16.6. The number of nitrogens with one attached hydrogen (secondary N) is 1. The third-order valence-corrected chi connectivity index (χ3v) is 16.6. The lowest BCUT2D eigenvalue weighted by atomic mass is 9.45. The number of fused-ring (bicyclic) bond motifs is 7. The van der Waals surface area contributed by atoms with Crippen LogP contribution in [-0.2, 0) is 14.3 Å². The number of aliphatic hydroxyl groups excluding tert-OH is 1. The van der Waals surface area contributed by atoms with Crippen LogP contribution in [0.15, 0.2) is 16.4 Å². The zero-order valence-corrected chi connectivity index (χ0v) is 35.1. The predicted molar refractivity (Wildman–Crippen MR) is 217 cm³/mol. The molecular formula is C46H60FN3O8. The number of anilines is 1. The molecule has 11 nitrogen and oxygen atoms in total. The number of rotatable bonds is 7. The van der Waals surface area contributed by atoms with Gasteiger partial charge in [0.1, 0.15) is 16.9 Å². The number of piperidine rings is 1. The Balaban J connectivity index is 1.05. The van der Waals surface area contributed by atoms with E-state index in [1.54, 1.807) is 19.9 Å². The number of Topliss-reactive ketones (excluding diaryl/α,β-unsaturated/α-hetero) is 1. The second-order valence-electron chi connectivity index (χ2n) is 20.0. The monoisotopic (exact) mass is 801 g/mol. The van der Waals surface area contributed by atoms with Crippen molar-refractivity contribution in [2.45, 2.75) is 142 Å². The van der Waals surface area contributed by atoms with Gasteiger partial charge in [-0.25, -0.2) is 9.18 Å². The second kappa shape index (κ2) is 13.4. The van der Waals surface area contributed by atoms with E-state index in [1.165, 1.54) is 21.0 Å². The highest BCUT2D eigenvalue weighted by atomic mass is 19.1. The van der Waals surface area contributed by atoms with Crippen LogP contribution in [0.4, 0.5) is 10.1 Å². The highest BCUT2D eigenvalue weighted by Gasteiger charge is 2.70. The first-order valence-electron chi connectivity index (χ1n) is 21.7. The fourth-order valence-corrected chi connectivity index (χ4v) is 13.5. The summed E-state index contributed by atoms with van der Waals surface area (Å²) in [4.78, 5) is 58.3. The number of hydrogen-bond acceptors (Lipinski definition) is 10. The van der Waals surface area contributed by atoms with E-state index in [-0.39, 0.29) is 76.1 Å². The Morgan fingerprint density at radius 2 is 1.78 bits per heavy atom.